The van der Waals surface area contributed by atoms with E-state index in [1.165, 1.54) is 34.8 Å². The van der Waals surface area contributed by atoms with Crippen molar-refractivity contribution in [3.05, 3.63) is 66.1 Å². The molecule has 0 bridgehead atoms. The molecule has 1 aliphatic carbocycles. The summed E-state index contributed by atoms with van der Waals surface area (Å²) in [6.07, 6.45) is 4.75. The molecule has 1 aliphatic rings. The molecule has 138 valence electrons. The molecule has 8 heteroatoms. The molecule has 2 heterocycles. The third-order valence-electron chi connectivity index (χ3n) is 4.74. The molecule has 0 radical (unpaired) electrons. The summed E-state index contributed by atoms with van der Waals surface area (Å²) < 4.78 is 23.6. The molecular weight excluding hydrogens is 374 g/mol. The highest BCUT2D eigenvalue weighted by Gasteiger charge is 2.19. The fraction of sp³-hybridized carbons (Fsp3) is 0.100. The molecule has 0 saturated carbocycles. The average molecular weight is 389 g/mol. The fourth-order valence-electron chi connectivity index (χ4n) is 3.47. The van der Waals surface area contributed by atoms with Gasteiger partial charge in [0.2, 0.25) is 15.0 Å². The summed E-state index contributed by atoms with van der Waals surface area (Å²) in [6, 6.07) is 14.5. The van der Waals surface area contributed by atoms with Gasteiger partial charge in [0.25, 0.3) is 0 Å². The first-order valence-electron chi connectivity index (χ1n) is 8.65. The third kappa shape index (κ3) is 2.78. The van der Waals surface area contributed by atoms with Crippen molar-refractivity contribution in [3.63, 3.8) is 0 Å². The number of aromatic nitrogens is 4. The summed E-state index contributed by atoms with van der Waals surface area (Å²) in [4.78, 5) is 16.4. The van der Waals surface area contributed by atoms with Gasteiger partial charge >= 0.3 is 0 Å². The van der Waals surface area contributed by atoms with Crippen LogP contribution >= 0.6 is 0 Å². The maximum atomic E-state index is 11.8. The van der Waals surface area contributed by atoms with Gasteiger partial charge in [-0.2, -0.15) is 0 Å². The van der Waals surface area contributed by atoms with Crippen molar-refractivity contribution in [2.45, 2.75) is 11.6 Å². The normalized spacial score (nSPS) is 12.6. The molecule has 0 unspecified atom stereocenters. The van der Waals surface area contributed by atoms with E-state index in [2.05, 4.69) is 55.6 Å². The first-order chi connectivity index (χ1) is 13.5. The number of nitrogens with one attached hydrogen (secondary N) is 1. The summed E-state index contributed by atoms with van der Waals surface area (Å²) in [5.74, 6) is 0.438. The van der Waals surface area contributed by atoms with E-state index >= 15 is 0 Å². The molecule has 0 saturated heterocycles. The van der Waals surface area contributed by atoms with E-state index in [0.29, 0.717) is 16.9 Å². The van der Waals surface area contributed by atoms with E-state index < -0.39 is 9.84 Å². The molecule has 2 aromatic heterocycles. The Bertz CT molecular complexity index is 1350. The average Bonchev–Trinajstić information content (AvgIpc) is 3.05. The Hall–Kier alpha value is -3.39. The molecule has 4 aromatic rings. The fourth-order valence-corrected chi connectivity index (χ4v) is 3.97. The van der Waals surface area contributed by atoms with Gasteiger partial charge in [-0.25, -0.2) is 28.4 Å². The Labute approximate surface area is 161 Å². The number of hydrogen-bond donors (Lipinski definition) is 1. The summed E-state index contributed by atoms with van der Waals surface area (Å²) in [7, 11) is -3.53. The lowest BCUT2D eigenvalue weighted by Crippen LogP contribution is -2.06. The zero-order valence-electron chi connectivity index (χ0n) is 14.9. The zero-order valence-corrected chi connectivity index (χ0v) is 15.7. The summed E-state index contributed by atoms with van der Waals surface area (Å²) in [6.45, 7) is 0. The van der Waals surface area contributed by atoms with E-state index in [9.17, 15) is 8.42 Å². The van der Waals surface area contributed by atoms with Crippen LogP contribution < -0.4 is 5.32 Å². The predicted octanol–water partition coefficient (Wildman–Crippen LogP) is 3.14. The lowest BCUT2D eigenvalue weighted by atomic mass is 10.1. The van der Waals surface area contributed by atoms with Crippen molar-refractivity contribution < 1.29 is 8.42 Å². The molecule has 0 atom stereocenters. The summed E-state index contributed by atoms with van der Waals surface area (Å²) in [5.41, 5.74) is 6.73. The van der Waals surface area contributed by atoms with Gasteiger partial charge < -0.3 is 5.32 Å². The first-order valence-corrected chi connectivity index (χ1v) is 10.5. The quantitative estimate of drug-likeness (QED) is 0.473. The lowest BCUT2D eigenvalue weighted by Gasteiger charge is -2.10. The predicted molar refractivity (Wildman–Crippen MR) is 106 cm³/mol. The van der Waals surface area contributed by atoms with Crippen LogP contribution in [0.1, 0.15) is 11.1 Å². The Kier molecular flexibility index (Phi) is 3.63. The second kappa shape index (κ2) is 6.07. The number of sulfone groups is 1. The van der Waals surface area contributed by atoms with Gasteiger partial charge in [-0.3, -0.25) is 0 Å². The van der Waals surface area contributed by atoms with Crippen LogP contribution in [-0.2, 0) is 16.3 Å². The highest BCUT2D eigenvalue weighted by atomic mass is 32.2. The highest BCUT2D eigenvalue weighted by molar-refractivity contribution is 7.90. The van der Waals surface area contributed by atoms with E-state index in [-0.39, 0.29) is 5.16 Å². The van der Waals surface area contributed by atoms with Gasteiger partial charge in [0.1, 0.15) is 17.4 Å². The summed E-state index contributed by atoms with van der Waals surface area (Å²) in [5, 5.41) is 3.00. The maximum absolute atomic E-state index is 11.8. The molecule has 0 spiro atoms. The van der Waals surface area contributed by atoms with Crippen LogP contribution in [0.5, 0.6) is 0 Å². The van der Waals surface area contributed by atoms with Gasteiger partial charge in [0.15, 0.2) is 5.82 Å². The standard InChI is InChI=1S/C20H15N5O2S/c1-28(26,27)20-21-10-17-18(25-20)19(23-11-22-17)24-14-6-7-16-13(9-14)8-12-4-2-3-5-15(12)16/h2-7,9-11H,8H2,1H3,(H,22,23,24). The largest absolute Gasteiger partial charge is 0.338 e. The summed E-state index contributed by atoms with van der Waals surface area (Å²) >= 11 is 0. The van der Waals surface area contributed by atoms with Crippen molar-refractivity contribution in [2.24, 2.45) is 0 Å². The van der Waals surface area contributed by atoms with Gasteiger partial charge in [-0.05, 0) is 40.8 Å². The van der Waals surface area contributed by atoms with Gasteiger partial charge in [-0.1, -0.05) is 30.3 Å². The third-order valence-corrected chi connectivity index (χ3v) is 5.60. The number of anilines is 2. The van der Waals surface area contributed by atoms with E-state index in [0.717, 1.165) is 18.4 Å². The number of hydrogen-bond acceptors (Lipinski definition) is 7. The number of fused-ring (bicyclic) bond motifs is 4. The molecule has 28 heavy (non-hydrogen) atoms. The van der Waals surface area contributed by atoms with Crippen LogP contribution in [0.3, 0.4) is 0 Å². The van der Waals surface area contributed by atoms with E-state index in [4.69, 9.17) is 0 Å². The van der Waals surface area contributed by atoms with Crippen molar-refractivity contribution in [2.75, 3.05) is 11.6 Å². The van der Waals surface area contributed by atoms with Crippen LogP contribution in [0.25, 0.3) is 22.2 Å². The van der Waals surface area contributed by atoms with Crippen molar-refractivity contribution in [3.8, 4) is 11.1 Å². The Balaban J connectivity index is 1.55. The van der Waals surface area contributed by atoms with Crippen LogP contribution in [0, 0.1) is 0 Å². The van der Waals surface area contributed by atoms with E-state index in [1.54, 1.807) is 0 Å². The molecule has 2 aromatic carbocycles. The van der Waals surface area contributed by atoms with Crippen LogP contribution in [0.15, 0.2) is 60.1 Å². The molecule has 0 fully saturated rings. The first kappa shape index (κ1) is 16.8. The Morgan fingerprint density at radius 2 is 1.79 bits per heavy atom. The van der Waals surface area contributed by atoms with Crippen molar-refractivity contribution in [1.82, 2.24) is 19.9 Å². The maximum Gasteiger partial charge on any atom is 0.247 e. The topological polar surface area (TPSA) is 97.7 Å². The van der Waals surface area contributed by atoms with Crippen LogP contribution in [-0.4, -0.2) is 34.6 Å². The minimum absolute atomic E-state index is 0.248. The lowest BCUT2D eigenvalue weighted by molar-refractivity contribution is 0.593. The second-order valence-corrected chi connectivity index (χ2v) is 8.62. The zero-order chi connectivity index (χ0) is 19.3. The second-order valence-electron chi connectivity index (χ2n) is 6.71. The van der Waals surface area contributed by atoms with Gasteiger partial charge in [0, 0.05) is 11.9 Å². The van der Waals surface area contributed by atoms with E-state index in [1.807, 2.05) is 12.1 Å². The van der Waals surface area contributed by atoms with Gasteiger partial charge in [-0.15, -0.1) is 0 Å². The SMILES string of the molecule is CS(=O)(=O)c1ncc2ncnc(Nc3ccc4c(c3)Cc3ccccc3-4)c2n1. The molecule has 1 N–H and O–H groups in total. The molecule has 0 aliphatic heterocycles. The molecule has 5 rings (SSSR count). The minimum Gasteiger partial charge on any atom is -0.338 e. The Morgan fingerprint density at radius 3 is 2.64 bits per heavy atom. The number of rotatable bonds is 3. The smallest absolute Gasteiger partial charge is 0.247 e. The molecule has 0 amide bonds. The number of nitrogens with zero attached hydrogens (tertiary/aromatic N) is 4. The monoisotopic (exact) mass is 389 g/mol. The van der Waals surface area contributed by atoms with Crippen LogP contribution in [0.2, 0.25) is 0 Å². The molecular formula is C20H15N5O2S. The highest BCUT2D eigenvalue weighted by Crippen LogP contribution is 2.38. The van der Waals surface area contributed by atoms with Gasteiger partial charge in [0.05, 0.1) is 6.20 Å². The Morgan fingerprint density at radius 1 is 0.964 bits per heavy atom. The van der Waals surface area contributed by atoms with Crippen molar-refractivity contribution in [1.29, 1.82) is 0 Å². The van der Waals surface area contributed by atoms with Crippen molar-refractivity contribution >= 4 is 32.4 Å². The van der Waals surface area contributed by atoms with Crippen LogP contribution in [0.4, 0.5) is 11.5 Å². The minimum atomic E-state index is -3.53. The number of benzene rings is 2. The molecule has 7 nitrogen and oxygen atoms in total.